The molecule has 5 heteroatoms. The van der Waals surface area contributed by atoms with E-state index in [1.165, 1.54) is 0 Å². The van der Waals surface area contributed by atoms with Crippen molar-refractivity contribution in [2.45, 2.75) is 32.7 Å². The highest BCUT2D eigenvalue weighted by atomic mass is 16.2. The second-order valence-corrected chi connectivity index (χ2v) is 5.87. The number of piperazine rings is 1. The lowest BCUT2D eigenvalue weighted by atomic mass is 9.97. The first-order valence-corrected chi connectivity index (χ1v) is 7.80. The summed E-state index contributed by atoms with van der Waals surface area (Å²) in [7, 11) is 0. The van der Waals surface area contributed by atoms with Gasteiger partial charge in [-0.1, -0.05) is 6.92 Å². The average Bonchev–Trinajstić information content (AvgIpc) is 2.53. The molecule has 2 rings (SSSR count). The standard InChI is InChI=1S/C15H26N4O/c1-3-17-8-10-19(11-9-17)15(20)13(2)18-6-4-14(12-16)5-7-18/h13-14H,3-11H2,1-2H3. The third-order valence-corrected chi connectivity index (χ3v) is 4.75. The van der Waals surface area contributed by atoms with Crippen LogP contribution < -0.4 is 0 Å². The number of rotatable bonds is 3. The number of likely N-dealkylation sites (N-methyl/N-ethyl adjacent to an activating group) is 1. The Balaban J connectivity index is 1.82. The third-order valence-electron chi connectivity index (χ3n) is 4.75. The van der Waals surface area contributed by atoms with Gasteiger partial charge in [0, 0.05) is 45.2 Å². The fourth-order valence-electron chi connectivity index (χ4n) is 3.12. The van der Waals surface area contributed by atoms with Crippen LogP contribution in [0.2, 0.25) is 0 Å². The van der Waals surface area contributed by atoms with E-state index in [1.807, 2.05) is 11.8 Å². The van der Waals surface area contributed by atoms with Crippen molar-refractivity contribution in [2.75, 3.05) is 45.8 Å². The summed E-state index contributed by atoms with van der Waals surface area (Å²) in [5.74, 6) is 0.442. The van der Waals surface area contributed by atoms with Gasteiger partial charge in [-0.05, 0) is 26.3 Å². The zero-order chi connectivity index (χ0) is 14.5. The van der Waals surface area contributed by atoms with Crippen molar-refractivity contribution in [1.82, 2.24) is 14.7 Å². The number of carbonyl (C=O) groups is 1. The van der Waals surface area contributed by atoms with Gasteiger partial charge in [0.2, 0.25) is 5.91 Å². The Bertz CT molecular complexity index is 363. The molecule has 2 heterocycles. The van der Waals surface area contributed by atoms with Crippen LogP contribution >= 0.6 is 0 Å². The number of nitriles is 1. The van der Waals surface area contributed by atoms with Crippen molar-refractivity contribution in [3.63, 3.8) is 0 Å². The molecule has 0 radical (unpaired) electrons. The molecule has 0 saturated carbocycles. The quantitative estimate of drug-likeness (QED) is 0.765. The minimum absolute atomic E-state index is 0.0391. The summed E-state index contributed by atoms with van der Waals surface area (Å²) in [5.41, 5.74) is 0. The molecule has 2 aliphatic heterocycles. The fraction of sp³-hybridized carbons (Fsp3) is 0.867. The van der Waals surface area contributed by atoms with E-state index in [4.69, 9.17) is 5.26 Å². The number of piperidine rings is 1. The molecule has 2 fully saturated rings. The topological polar surface area (TPSA) is 50.6 Å². The molecule has 0 aromatic carbocycles. The minimum atomic E-state index is -0.0391. The van der Waals surface area contributed by atoms with E-state index < -0.39 is 0 Å². The maximum atomic E-state index is 12.5. The normalized spacial score (nSPS) is 24.4. The Morgan fingerprint density at radius 1 is 1.20 bits per heavy atom. The van der Waals surface area contributed by atoms with Gasteiger partial charge in [0.15, 0.2) is 0 Å². The molecule has 0 N–H and O–H groups in total. The van der Waals surface area contributed by atoms with Gasteiger partial charge in [-0.3, -0.25) is 9.69 Å². The first-order chi connectivity index (χ1) is 9.65. The van der Waals surface area contributed by atoms with E-state index in [1.54, 1.807) is 0 Å². The molecule has 0 spiro atoms. The van der Waals surface area contributed by atoms with Crippen molar-refractivity contribution in [1.29, 1.82) is 5.26 Å². The molecule has 2 aliphatic rings. The second kappa shape index (κ2) is 7.05. The van der Waals surface area contributed by atoms with Gasteiger partial charge in [0.05, 0.1) is 12.1 Å². The molecular formula is C15H26N4O. The van der Waals surface area contributed by atoms with Crippen molar-refractivity contribution in [2.24, 2.45) is 5.92 Å². The largest absolute Gasteiger partial charge is 0.339 e. The Labute approximate surface area is 122 Å². The van der Waals surface area contributed by atoms with Crippen LogP contribution in [-0.2, 0) is 4.79 Å². The van der Waals surface area contributed by atoms with Crippen molar-refractivity contribution in [3.8, 4) is 6.07 Å². The molecule has 0 aromatic rings. The average molecular weight is 278 g/mol. The molecule has 1 amide bonds. The molecule has 20 heavy (non-hydrogen) atoms. The number of likely N-dealkylation sites (tertiary alicyclic amines) is 1. The van der Waals surface area contributed by atoms with Crippen LogP contribution in [-0.4, -0.2) is 72.5 Å². The Kier molecular flexibility index (Phi) is 5.38. The first-order valence-electron chi connectivity index (χ1n) is 7.80. The molecule has 0 aliphatic carbocycles. The van der Waals surface area contributed by atoms with Gasteiger partial charge in [0.1, 0.15) is 0 Å². The summed E-state index contributed by atoms with van der Waals surface area (Å²) >= 11 is 0. The highest BCUT2D eigenvalue weighted by Gasteiger charge is 2.30. The van der Waals surface area contributed by atoms with E-state index in [2.05, 4.69) is 22.8 Å². The summed E-state index contributed by atoms with van der Waals surface area (Å²) in [6, 6.07) is 2.30. The monoisotopic (exact) mass is 278 g/mol. The van der Waals surface area contributed by atoms with Crippen molar-refractivity contribution < 1.29 is 4.79 Å². The fourth-order valence-corrected chi connectivity index (χ4v) is 3.12. The third kappa shape index (κ3) is 3.50. The highest BCUT2D eigenvalue weighted by molar-refractivity contribution is 5.81. The van der Waals surface area contributed by atoms with Gasteiger partial charge < -0.3 is 9.80 Å². The molecule has 1 unspecified atom stereocenters. The van der Waals surface area contributed by atoms with Gasteiger partial charge in [-0.2, -0.15) is 5.26 Å². The number of carbonyl (C=O) groups excluding carboxylic acids is 1. The van der Waals surface area contributed by atoms with Gasteiger partial charge in [-0.15, -0.1) is 0 Å². The van der Waals surface area contributed by atoms with Crippen LogP contribution in [0, 0.1) is 17.2 Å². The van der Waals surface area contributed by atoms with Crippen LogP contribution in [0.1, 0.15) is 26.7 Å². The Hall–Kier alpha value is -1.12. The van der Waals surface area contributed by atoms with Crippen LogP contribution in [0.5, 0.6) is 0 Å². The summed E-state index contributed by atoms with van der Waals surface area (Å²) in [5, 5.41) is 8.93. The van der Waals surface area contributed by atoms with Crippen LogP contribution in [0.15, 0.2) is 0 Å². The smallest absolute Gasteiger partial charge is 0.239 e. The highest BCUT2D eigenvalue weighted by Crippen LogP contribution is 2.19. The van der Waals surface area contributed by atoms with Crippen LogP contribution in [0.3, 0.4) is 0 Å². The molecule has 5 nitrogen and oxygen atoms in total. The predicted molar refractivity (Wildman–Crippen MR) is 78.1 cm³/mol. The van der Waals surface area contributed by atoms with Gasteiger partial charge in [-0.25, -0.2) is 0 Å². The Morgan fingerprint density at radius 3 is 2.30 bits per heavy atom. The molecule has 0 bridgehead atoms. The van der Waals surface area contributed by atoms with Crippen molar-refractivity contribution in [3.05, 3.63) is 0 Å². The molecular weight excluding hydrogens is 252 g/mol. The van der Waals surface area contributed by atoms with Crippen molar-refractivity contribution >= 4 is 5.91 Å². The summed E-state index contributed by atoms with van der Waals surface area (Å²) < 4.78 is 0. The summed E-state index contributed by atoms with van der Waals surface area (Å²) in [6.07, 6.45) is 1.80. The van der Waals surface area contributed by atoms with E-state index in [0.29, 0.717) is 0 Å². The van der Waals surface area contributed by atoms with E-state index in [-0.39, 0.29) is 17.9 Å². The second-order valence-electron chi connectivity index (χ2n) is 5.87. The summed E-state index contributed by atoms with van der Waals surface area (Å²) in [6.45, 7) is 10.7. The maximum Gasteiger partial charge on any atom is 0.239 e. The molecule has 112 valence electrons. The first kappa shape index (κ1) is 15.3. The maximum absolute atomic E-state index is 12.5. The van der Waals surface area contributed by atoms with E-state index >= 15 is 0 Å². The van der Waals surface area contributed by atoms with Crippen LogP contribution in [0.25, 0.3) is 0 Å². The van der Waals surface area contributed by atoms with Gasteiger partial charge >= 0.3 is 0 Å². The number of hydrogen-bond acceptors (Lipinski definition) is 4. The molecule has 1 atom stereocenters. The number of hydrogen-bond donors (Lipinski definition) is 0. The lowest BCUT2D eigenvalue weighted by molar-refractivity contribution is -0.138. The van der Waals surface area contributed by atoms with Gasteiger partial charge in [0.25, 0.3) is 0 Å². The zero-order valence-corrected chi connectivity index (χ0v) is 12.7. The van der Waals surface area contributed by atoms with E-state index in [9.17, 15) is 4.79 Å². The molecule has 0 aromatic heterocycles. The van der Waals surface area contributed by atoms with E-state index in [0.717, 1.165) is 58.7 Å². The predicted octanol–water partition coefficient (Wildman–Crippen LogP) is 0.775. The number of amides is 1. The summed E-state index contributed by atoms with van der Waals surface area (Å²) in [4.78, 5) is 19.2. The number of nitrogens with zero attached hydrogens (tertiary/aromatic N) is 4. The SMILES string of the molecule is CCN1CCN(C(=O)C(C)N2CCC(C#N)CC2)CC1. The Morgan fingerprint density at radius 2 is 1.80 bits per heavy atom. The lowest BCUT2D eigenvalue weighted by Gasteiger charge is -2.39. The zero-order valence-electron chi connectivity index (χ0n) is 12.7. The van der Waals surface area contributed by atoms with Crippen LogP contribution in [0.4, 0.5) is 0 Å². The lowest BCUT2D eigenvalue weighted by Crippen LogP contribution is -2.55. The minimum Gasteiger partial charge on any atom is -0.339 e. The molecule has 2 saturated heterocycles.